The molecule has 0 saturated heterocycles. The zero-order chi connectivity index (χ0) is 10.1. The summed E-state index contributed by atoms with van der Waals surface area (Å²) in [6.45, 7) is 4.22. The molecule has 1 heterocycles. The third kappa shape index (κ3) is 1.51. The summed E-state index contributed by atoms with van der Waals surface area (Å²) in [6.07, 6.45) is 0. The van der Waals surface area contributed by atoms with E-state index in [-0.39, 0.29) is 0 Å². The number of aromatic nitrogens is 3. The second kappa shape index (κ2) is 3.21. The average Bonchev–Trinajstić information content (AvgIpc) is 2.16. The Morgan fingerprint density at radius 2 is 2.07 bits per heavy atom. The molecule has 1 aromatic heterocycles. The van der Waals surface area contributed by atoms with Gasteiger partial charge in [-0.1, -0.05) is 19.9 Å². The molecule has 0 atom stereocenters. The molecule has 4 nitrogen and oxygen atoms in total. The summed E-state index contributed by atoms with van der Waals surface area (Å²) >= 11 is 0. The van der Waals surface area contributed by atoms with Crippen molar-refractivity contribution in [2.45, 2.75) is 19.8 Å². The minimum absolute atomic E-state index is 0.408. The first-order chi connectivity index (χ1) is 6.66. The molecule has 0 spiro atoms. The molecule has 0 unspecified atom stereocenters. The molecule has 0 saturated carbocycles. The molecule has 0 amide bonds. The lowest BCUT2D eigenvalue weighted by Crippen LogP contribution is -2.11. The summed E-state index contributed by atoms with van der Waals surface area (Å²) in [5.74, 6) is 0.452. The molecule has 72 valence electrons. The Morgan fingerprint density at radius 1 is 1.29 bits per heavy atom. The second-order valence-electron chi connectivity index (χ2n) is 3.54. The standard InChI is InChI=1S/C10H11N3O/c1-6(2)7-3-4-8-9(5-7)12-13-10(14)11-8/h3-6H,1-2H3,(H,11,13,14). The highest BCUT2D eigenvalue weighted by atomic mass is 16.1. The van der Waals surface area contributed by atoms with Gasteiger partial charge < -0.3 is 0 Å². The van der Waals surface area contributed by atoms with Crippen LogP contribution in [0.4, 0.5) is 0 Å². The first-order valence-corrected chi connectivity index (χ1v) is 4.53. The Balaban J connectivity index is 2.67. The van der Waals surface area contributed by atoms with Gasteiger partial charge in [0.25, 0.3) is 0 Å². The fraction of sp³-hybridized carbons (Fsp3) is 0.300. The van der Waals surface area contributed by atoms with Crippen LogP contribution in [0.1, 0.15) is 25.3 Å². The maximum Gasteiger partial charge on any atom is 0.361 e. The predicted molar refractivity (Wildman–Crippen MR) is 54.2 cm³/mol. The van der Waals surface area contributed by atoms with Crippen LogP contribution >= 0.6 is 0 Å². The van der Waals surface area contributed by atoms with Crippen molar-refractivity contribution in [3.63, 3.8) is 0 Å². The molecule has 14 heavy (non-hydrogen) atoms. The Labute approximate surface area is 81.0 Å². The maximum atomic E-state index is 10.9. The number of H-pyrrole nitrogens is 1. The minimum Gasteiger partial charge on any atom is -0.244 e. The Bertz CT molecular complexity index is 516. The minimum atomic E-state index is -0.408. The molecule has 0 aliphatic rings. The van der Waals surface area contributed by atoms with Gasteiger partial charge in [0.1, 0.15) is 5.52 Å². The molecule has 0 fully saturated rings. The van der Waals surface area contributed by atoms with E-state index in [1.807, 2.05) is 18.2 Å². The van der Waals surface area contributed by atoms with Crippen molar-refractivity contribution in [3.05, 3.63) is 34.2 Å². The maximum absolute atomic E-state index is 10.9. The highest BCUT2D eigenvalue weighted by Gasteiger charge is 2.02. The summed E-state index contributed by atoms with van der Waals surface area (Å²) in [7, 11) is 0. The van der Waals surface area contributed by atoms with Crippen molar-refractivity contribution in [2.24, 2.45) is 0 Å². The summed E-state index contributed by atoms with van der Waals surface area (Å²) in [4.78, 5) is 14.7. The molecular weight excluding hydrogens is 178 g/mol. The lowest BCUT2D eigenvalue weighted by molar-refractivity contribution is 0.865. The molecular formula is C10H11N3O. The number of fused-ring (bicyclic) bond motifs is 1. The van der Waals surface area contributed by atoms with Gasteiger partial charge in [-0.05, 0) is 23.6 Å². The van der Waals surface area contributed by atoms with Gasteiger partial charge in [-0.15, -0.1) is 0 Å². The number of nitrogens with zero attached hydrogens (tertiary/aromatic N) is 2. The zero-order valence-corrected chi connectivity index (χ0v) is 8.11. The third-order valence-corrected chi connectivity index (χ3v) is 2.16. The van der Waals surface area contributed by atoms with Gasteiger partial charge in [-0.2, -0.15) is 10.1 Å². The third-order valence-electron chi connectivity index (χ3n) is 2.16. The average molecular weight is 189 g/mol. The van der Waals surface area contributed by atoms with E-state index in [0.717, 1.165) is 5.52 Å². The van der Waals surface area contributed by atoms with E-state index >= 15 is 0 Å². The molecule has 0 bridgehead atoms. The normalized spacial score (nSPS) is 11.1. The molecule has 0 radical (unpaired) electrons. The highest BCUT2D eigenvalue weighted by molar-refractivity contribution is 5.73. The lowest BCUT2D eigenvalue weighted by Gasteiger charge is -2.04. The Kier molecular flexibility index (Phi) is 2.04. The topological polar surface area (TPSA) is 58.6 Å². The molecule has 2 rings (SSSR count). The van der Waals surface area contributed by atoms with Crippen LogP contribution in [0, 0.1) is 0 Å². The fourth-order valence-electron chi connectivity index (χ4n) is 1.33. The molecule has 1 N–H and O–H groups in total. The van der Waals surface area contributed by atoms with Crippen molar-refractivity contribution in [1.82, 2.24) is 15.2 Å². The number of rotatable bonds is 1. The number of hydrogen-bond acceptors (Lipinski definition) is 3. The van der Waals surface area contributed by atoms with Crippen molar-refractivity contribution in [2.75, 3.05) is 0 Å². The van der Waals surface area contributed by atoms with Crippen LogP contribution in [0.5, 0.6) is 0 Å². The summed E-state index contributed by atoms with van der Waals surface area (Å²) in [6, 6.07) is 5.75. The smallest absolute Gasteiger partial charge is 0.244 e. The lowest BCUT2D eigenvalue weighted by atomic mass is 10.0. The number of aromatic amines is 1. The van der Waals surface area contributed by atoms with Gasteiger partial charge in [-0.3, -0.25) is 0 Å². The molecule has 0 aliphatic carbocycles. The van der Waals surface area contributed by atoms with E-state index in [1.165, 1.54) is 5.56 Å². The monoisotopic (exact) mass is 189 g/mol. The Morgan fingerprint density at radius 3 is 2.79 bits per heavy atom. The molecule has 4 heteroatoms. The van der Waals surface area contributed by atoms with Crippen LogP contribution in [-0.2, 0) is 0 Å². The van der Waals surface area contributed by atoms with E-state index < -0.39 is 5.69 Å². The predicted octanol–water partition coefficient (Wildman–Crippen LogP) is 1.44. The molecule has 2 aromatic rings. The number of nitrogens with one attached hydrogen (secondary N) is 1. The molecule has 0 aliphatic heterocycles. The van der Waals surface area contributed by atoms with Gasteiger partial charge in [0.2, 0.25) is 0 Å². The quantitative estimate of drug-likeness (QED) is 0.738. The van der Waals surface area contributed by atoms with Crippen molar-refractivity contribution in [1.29, 1.82) is 0 Å². The van der Waals surface area contributed by atoms with Crippen LogP contribution in [0.15, 0.2) is 23.0 Å². The SMILES string of the molecule is CC(C)c1ccc2nc(=O)[nH]nc2c1. The highest BCUT2D eigenvalue weighted by Crippen LogP contribution is 2.17. The van der Waals surface area contributed by atoms with Gasteiger partial charge >= 0.3 is 5.69 Å². The number of hydrogen-bond donors (Lipinski definition) is 1. The van der Waals surface area contributed by atoms with Gasteiger partial charge in [-0.25, -0.2) is 9.89 Å². The van der Waals surface area contributed by atoms with Crippen LogP contribution in [0.3, 0.4) is 0 Å². The summed E-state index contributed by atoms with van der Waals surface area (Å²) < 4.78 is 0. The Hall–Kier alpha value is -1.71. The largest absolute Gasteiger partial charge is 0.361 e. The van der Waals surface area contributed by atoms with Crippen LogP contribution in [0.25, 0.3) is 11.0 Å². The van der Waals surface area contributed by atoms with Gasteiger partial charge in [0.15, 0.2) is 0 Å². The second-order valence-corrected chi connectivity index (χ2v) is 3.54. The number of benzene rings is 1. The van der Waals surface area contributed by atoms with Crippen LogP contribution < -0.4 is 5.69 Å². The van der Waals surface area contributed by atoms with Gasteiger partial charge in [0.05, 0.1) is 5.52 Å². The fourth-order valence-corrected chi connectivity index (χ4v) is 1.33. The molecule has 1 aromatic carbocycles. The van der Waals surface area contributed by atoms with Crippen LogP contribution in [0.2, 0.25) is 0 Å². The van der Waals surface area contributed by atoms with Crippen molar-refractivity contribution in [3.8, 4) is 0 Å². The van der Waals surface area contributed by atoms with Crippen LogP contribution in [-0.4, -0.2) is 15.2 Å². The van der Waals surface area contributed by atoms with E-state index in [0.29, 0.717) is 11.4 Å². The van der Waals surface area contributed by atoms with E-state index in [2.05, 4.69) is 29.0 Å². The van der Waals surface area contributed by atoms with Crippen molar-refractivity contribution < 1.29 is 0 Å². The van der Waals surface area contributed by atoms with Gasteiger partial charge in [0, 0.05) is 0 Å². The van der Waals surface area contributed by atoms with Crippen molar-refractivity contribution >= 4 is 11.0 Å². The summed E-state index contributed by atoms with van der Waals surface area (Å²) in [5, 5.41) is 6.25. The van der Waals surface area contributed by atoms with E-state index in [4.69, 9.17) is 0 Å². The van der Waals surface area contributed by atoms with E-state index in [9.17, 15) is 4.79 Å². The first kappa shape index (κ1) is 8.87. The first-order valence-electron chi connectivity index (χ1n) is 4.53. The van der Waals surface area contributed by atoms with E-state index in [1.54, 1.807) is 0 Å². The summed E-state index contributed by atoms with van der Waals surface area (Å²) in [5.41, 5.74) is 2.16. The zero-order valence-electron chi connectivity index (χ0n) is 8.11.